The fourth-order valence-electron chi connectivity index (χ4n) is 2.40. The van der Waals surface area contributed by atoms with Crippen LogP contribution in [0.2, 0.25) is 0 Å². The first-order valence-electron chi connectivity index (χ1n) is 6.92. The summed E-state index contributed by atoms with van der Waals surface area (Å²) < 4.78 is 1.60. The van der Waals surface area contributed by atoms with Crippen LogP contribution in [0.15, 0.2) is 71.7 Å². The fraction of sp³-hybridized carbons (Fsp3) is 0.111. The Bertz CT molecular complexity index is 834. The van der Waals surface area contributed by atoms with Crippen LogP contribution in [0.4, 0.5) is 0 Å². The van der Waals surface area contributed by atoms with Crippen LogP contribution in [0.3, 0.4) is 0 Å². The highest BCUT2D eigenvalue weighted by Gasteiger charge is 2.07. The predicted molar refractivity (Wildman–Crippen MR) is 83.6 cm³/mol. The third-order valence-electron chi connectivity index (χ3n) is 3.56. The Balaban J connectivity index is 1.81. The van der Waals surface area contributed by atoms with Crippen molar-refractivity contribution in [2.75, 3.05) is 0 Å². The zero-order valence-electron chi connectivity index (χ0n) is 11.5. The molecule has 1 heterocycles. The van der Waals surface area contributed by atoms with E-state index in [4.69, 9.17) is 0 Å². The Morgan fingerprint density at radius 2 is 1.62 bits per heavy atom. The fourth-order valence-corrected chi connectivity index (χ4v) is 2.40. The van der Waals surface area contributed by atoms with Gasteiger partial charge in [-0.15, -0.1) is 0 Å². The molecule has 0 aliphatic heterocycles. The third kappa shape index (κ3) is 2.77. The zero-order chi connectivity index (χ0) is 14.7. The number of pyridine rings is 1. The maximum absolute atomic E-state index is 12.3. The smallest absolute Gasteiger partial charge is 0.258 e. The van der Waals surface area contributed by atoms with Gasteiger partial charge in [0.05, 0.1) is 0 Å². The van der Waals surface area contributed by atoms with Gasteiger partial charge >= 0.3 is 0 Å². The van der Waals surface area contributed by atoms with E-state index in [0.717, 1.165) is 5.39 Å². The van der Waals surface area contributed by atoms with E-state index in [2.05, 4.69) is 0 Å². The van der Waals surface area contributed by atoms with Gasteiger partial charge in [0.25, 0.3) is 5.56 Å². The number of benzene rings is 2. The summed E-state index contributed by atoms with van der Waals surface area (Å²) in [6, 6.07) is 18.5. The monoisotopic (exact) mass is 277 g/mol. The standard InChI is InChI=1S/C18H15NO2/c20-17(15-7-2-1-3-8-15)11-13-19-12-10-14-6-4-5-9-16(14)18(19)21/h1-10,12H,11,13H2. The molecule has 0 bridgehead atoms. The van der Waals surface area contributed by atoms with Gasteiger partial charge in [-0.1, -0.05) is 48.5 Å². The van der Waals surface area contributed by atoms with Gasteiger partial charge < -0.3 is 4.57 Å². The summed E-state index contributed by atoms with van der Waals surface area (Å²) >= 11 is 0. The number of carbonyl (C=O) groups is 1. The van der Waals surface area contributed by atoms with Crippen molar-refractivity contribution in [1.82, 2.24) is 4.57 Å². The zero-order valence-corrected chi connectivity index (χ0v) is 11.5. The van der Waals surface area contributed by atoms with E-state index in [1.165, 1.54) is 0 Å². The van der Waals surface area contributed by atoms with Crippen LogP contribution in [-0.4, -0.2) is 10.4 Å². The number of aromatic nitrogens is 1. The minimum absolute atomic E-state index is 0.0473. The molecule has 3 heteroatoms. The summed E-state index contributed by atoms with van der Waals surface area (Å²) in [5.41, 5.74) is 0.639. The molecule has 0 spiro atoms. The van der Waals surface area contributed by atoms with Gasteiger partial charge in [0.1, 0.15) is 0 Å². The minimum Gasteiger partial charge on any atom is -0.315 e. The molecule has 0 aliphatic rings. The highest BCUT2D eigenvalue weighted by Crippen LogP contribution is 2.09. The van der Waals surface area contributed by atoms with Gasteiger partial charge in [0.15, 0.2) is 5.78 Å². The summed E-state index contributed by atoms with van der Waals surface area (Å²) in [5, 5.41) is 1.61. The maximum atomic E-state index is 12.3. The van der Waals surface area contributed by atoms with E-state index < -0.39 is 0 Å². The molecule has 21 heavy (non-hydrogen) atoms. The first-order chi connectivity index (χ1) is 10.3. The van der Waals surface area contributed by atoms with Crippen molar-refractivity contribution in [1.29, 1.82) is 0 Å². The lowest BCUT2D eigenvalue weighted by Gasteiger charge is -2.07. The van der Waals surface area contributed by atoms with Crippen molar-refractivity contribution in [3.05, 3.63) is 82.8 Å². The Labute approximate surface area is 122 Å². The van der Waals surface area contributed by atoms with Crippen LogP contribution in [0, 0.1) is 0 Å². The second kappa shape index (κ2) is 5.75. The summed E-state index contributed by atoms with van der Waals surface area (Å²) in [4.78, 5) is 24.4. The van der Waals surface area contributed by atoms with E-state index in [-0.39, 0.29) is 11.3 Å². The van der Waals surface area contributed by atoms with Gasteiger partial charge in [0, 0.05) is 30.1 Å². The Morgan fingerprint density at radius 1 is 0.905 bits per heavy atom. The Morgan fingerprint density at radius 3 is 2.43 bits per heavy atom. The number of Topliss-reactive ketones (excluding diaryl/α,β-unsaturated/α-hetero) is 1. The number of ketones is 1. The van der Waals surface area contributed by atoms with E-state index in [0.29, 0.717) is 23.9 Å². The lowest BCUT2D eigenvalue weighted by molar-refractivity contribution is 0.0977. The van der Waals surface area contributed by atoms with Gasteiger partial charge in [-0.25, -0.2) is 0 Å². The summed E-state index contributed by atoms with van der Waals surface area (Å²) in [6.45, 7) is 0.400. The number of hydrogen-bond acceptors (Lipinski definition) is 2. The molecule has 104 valence electrons. The second-order valence-electron chi connectivity index (χ2n) is 4.94. The average Bonchev–Trinajstić information content (AvgIpc) is 2.55. The number of nitrogens with zero attached hydrogens (tertiary/aromatic N) is 1. The minimum atomic E-state index is -0.0473. The van der Waals surface area contributed by atoms with Gasteiger partial charge in [-0.2, -0.15) is 0 Å². The Hall–Kier alpha value is -2.68. The number of fused-ring (bicyclic) bond motifs is 1. The summed E-state index contributed by atoms with van der Waals surface area (Å²) in [6.07, 6.45) is 2.07. The topological polar surface area (TPSA) is 39.1 Å². The van der Waals surface area contributed by atoms with Gasteiger partial charge in [-0.05, 0) is 17.5 Å². The van der Waals surface area contributed by atoms with Crippen molar-refractivity contribution in [2.45, 2.75) is 13.0 Å². The summed E-state index contributed by atoms with van der Waals surface area (Å²) in [5.74, 6) is 0.0515. The van der Waals surface area contributed by atoms with Crippen LogP contribution < -0.4 is 5.56 Å². The van der Waals surface area contributed by atoms with E-state index in [1.54, 1.807) is 22.9 Å². The molecule has 3 nitrogen and oxygen atoms in total. The van der Waals surface area contributed by atoms with E-state index >= 15 is 0 Å². The molecule has 3 aromatic rings. The molecule has 0 aliphatic carbocycles. The quantitative estimate of drug-likeness (QED) is 0.686. The lowest BCUT2D eigenvalue weighted by atomic mass is 10.1. The van der Waals surface area contributed by atoms with Crippen LogP contribution in [-0.2, 0) is 6.54 Å². The van der Waals surface area contributed by atoms with Crippen LogP contribution >= 0.6 is 0 Å². The molecule has 1 aromatic heterocycles. The maximum Gasteiger partial charge on any atom is 0.258 e. The molecule has 0 saturated heterocycles. The molecule has 0 saturated carbocycles. The lowest BCUT2D eigenvalue weighted by Crippen LogP contribution is -2.20. The normalized spacial score (nSPS) is 10.7. The molecule has 0 N–H and O–H groups in total. The second-order valence-corrected chi connectivity index (χ2v) is 4.94. The number of hydrogen-bond donors (Lipinski definition) is 0. The Kier molecular flexibility index (Phi) is 3.65. The molecule has 0 atom stereocenters. The number of rotatable bonds is 4. The van der Waals surface area contributed by atoms with E-state index in [1.807, 2.05) is 48.5 Å². The van der Waals surface area contributed by atoms with Gasteiger partial charge in [-0.3, -0.25) is 9.59 Å². The van der Waals surface area contributed by atoms with Crippen molar-refractivity contribution >= 4 is 16.6 Å². The van der Waals surface area contributed by atoms with Crippen LogP contribution in [0.5, 0.6) is 0 Å². The molecule has 0 radical (unpaired) electrons. The van der Waals surface area contributed by atoms with Crippen LogP contribution in [0.1, 0.15) is 16.8 Å². The highest BCUT2D eigenvalue weighted by atomic mass is 16.1. The first-order valence-corrected chi connectivity index (χ1v) is 6.92. The average molecular weight is 277 g/mol. The predicted octanol–water partition coefficient (Wildman–Crippen LogP) is 3.27. The molecular weight excluding hydrogens is 262 g/mol. The van der Waals surface area contributed by atoms with Crippen molar-refractivity contribution in [3.63, 3.8) is 0 Å². The molecule has 3 rings (SSSR count). The van der Waals surface area contributed by atoms with Crippen LogP contribution in [0.25, 0.3) is 10.8 Å². The van der Waals surface area contributed by atoms with Gasteiger partial charge in [0.2, 0.25) is 0 Å². The van der Waals surface area contributed by atoms with Crippen molar-refractivity contribution in [3.8, 4) is 0 Å². The van der Waals surface area contributed by atoms with Crippen molar-refractivity contribution in [2.24, 2.45) is 0 Å². The number of carbonyl (C=O) groups excluding carboxylic acids is 1. The third-order valence-corrected chi connectivity index (χ3v) is 3.56. The first kappa shape index (κ1) is 13.3. The summed E-state index contributed by atoms with van der Waals surface area (Å²) in [7, 11) is 0. The SMILES string of the molecule is O=C(CCn1ccc2ccccc2c1=O)c1ccccc1. The molecule has 2 aromatic carbocycles. The van der Waals surface area contributed by atoms with E-state index in [9.17, 15) is 9.59 Å². The number of aryl methyl sites for hydroxylation is 1. The molecular formula is C18H15NO2. The molecule has 0 amide bonds. The van der Waals surface area contributed by atoms with Crippen molar-refractivity contribution < 1.29 is 4.79 Å². The largest absolute Gasteiger partial charge is 0.315 e. The highest BCUT2D eigenvalue weighted by molar-refractivity contribution is 5.95. The molecule has 0 unspecified atom stereocenters. The molecule has 0 fully saturated rings.